The van der Waals surface area contributed by atoms with Gasteiger partial charge in [0.1, 0.15) is 0 Å². The van der Waals surface area contributed by atoms with Gasteiger partial charge in [-0.3, -0.25) is 4.79 Å². The van der Waals surface area contributed by atoms with Crippen LogP contribution >= 0.6 is 11.3 Å². The first-order chi connectivity index (χ1) is 11.1. The molecule has 6 heteroatoms. The molecule has 1 N–H and O–H groups in total. The van der Waals surface area contributed by atoms with Gasteiger partial charge in [0.05, 0.1) is 10.7 Å². The normalized spacial score (nSPS) is 10.7. The summed E-state index contributed by atoms with van der Waals surface area (Å²) < 4.78 is 1.70. The lowest BCUT2D eigenvalue weighted by molar-refractivity contribution is 0.0940. The Balaban J connectivity index is 1.61. The number of aryl methyl sites for hydroxylation is 2. The molecule has 0 aliphatic carbocycles. The monoisotopic (exact) mass is 326 g/mol. The van der Waals surface area contributed by atoms with E-state index < -0.39 is 0 Å². The highest BCUT2D eigenvalue weighted by Crippen LogP contribution is 2.27. The van der Waals surface area contributed by atoms with Crippen LogP contribution < -0.4 is 5.32 Å². The van der Waals surface area contributed by atoms with Gasteiger partial charge in [0.2, 0.25) is 0 Å². The van der Waals surface area contributed by atoms with Gasteiger partial charge in [0.25, 0.3) is 5.91 Å². The number of hydrogen-bond acceptors (Lipinski definition) is 4. The van der Waals surface area contributed by atoms with Crippen LogP contribution in [-0.4, -0.2) is 27.0 Å². The molecule has 1 aromatic carbocycles. The third-order valence-electron chi connectivity index (χ3n) is 3.54. The molecule has 0 bridgehead atoms. The summed E-state index contributed by atoms with van der Waals surface area (Å²) in [6.07, 6.45) is 4.09. The maximum Gasteiger partial charge on any atom is 0.287 e. The molecule has 3 rings (SSSR count). The highest BCUT2D eigenvalue weighted by molar-refractivity contribution is 7.12. The van der Waals surface area contributed by atoms with Gasteiger partial charge >= 0.3 is 0 Å². The number of aromatic nitrogens is 3. The van der Waals surface area contributed by atoms with Crippen LogP contribution in [0, 0.1) is 6.92 Å². The Hall–Kier alpha value is -2.47. The Morgan fingerprint density at radius 2 is 2.09 bits per heavy atom. The van der Waals surface area contributed by atoms with Crippen molar-refractivity contribution in [2.75, 3.05) is 6.54 Å². The lowest BCUT2D eigenvalue weighted by atomic mass is 10.1. The van der Waals surface area contributed by atoms with E-state index >= 15 is 0 Å². The molecule has 0 fully saturated rings. The van der Waals surface area contributed by atoms with E-state index in [0.29, 0.717) is 18.8 Å². The van der Waals surface area contributed by atoms with Crippen LogP contribution in [0.15, 0.2) is 42.7 Å². The molecule has 0 saturated carbocycles. The van der Waals surface area contributed by atoms with Crippen molar-refractivity contribution in [1.82, 2.24) is 19.9 Å². The lowest BCUT2D eigenvalue weighted by Gasteiger charge is -2.03. The first-order valence-corrected chi connectivity index (χ1v) is 8.24. The van der Waals surface area contributed by atoms with E-state index in [1.807, 2.05) is 18.2 Å². The van der Waals surface area contributed by atoms with Gasteiger partial charge in [-0.1, -0.05) is 30.3 Å². The molecule has 3 aromatic rings. The quantitative estimate of drug-likeness (QED) is 0.784. The predicted molar refractivity (Wildman–Crippen MR) is 91.5 cm³/mol. The van der Waals surface area contributed by atoms with E-state index in [1.165, 1.54) is 4.88 Å². The maximum absolute atomic E-state index is 12.0. The van der Waals surface area contributed by atoms with E-state index in [9.17, 15) is 4.79 Å². The Labute approximate surface area is 139 Å². The average molecular weight is 326 g/mol. The molecular formula is C17H18N4OS. The molecule has 23 heavy (non-hydrogen) atoms. The highest BCUT2D eigenvalue weighted by atomic mass is 32.1. The fourth-order valence-corrected chi connectivity index (χ4v) is 3.32. The molecule has 0 unspecified atom stereocenters. The minimum Gasteiger partial charge on any atom is -0.349 e. The maximum atomic E-state index is 12.0. The third-order valence-corrected chi connectivity index (χ3v) is 4.57. The molecule has 0 aliphatic rings. The molecule has 0 aliphatic heterocycles. The van der Waals surface area contributed by atoms with Crippen LogP contribution in [0.2, 0.25) is 0 Å². The standard InChI is InChI=1S/C17H18N4OS/c1-12-15(13-6-4-3-5-7-13)20-14(23-12)8-9-19-17(22)16-18-10-11-21(16)2/h3-7,10-11H,8-9H2,1-2H3,(H,19,22). The Morgan fingerprint density at radius 3 is 2.78 bits per heavy atom. The zero-order valence-electron chi connectivity index (χ0n) is 13.1. The molecule has 0 radical (unpaired) electrons. The van der Waals surface area contributed by atoms with Crippen LogP contribution in [-0.2, 0) is 13.5 Å². The largest absolute Gasteiger partial charge is 0.349 e. The Morgan fingerprint density at radius 1 is 1.30 bits per heavy atom. The number of imidazole rings is 1. The van der Waals surface area contributed by atoms with E-state index in [2.05, 4.69) is 29.4 Å². The van der Waals surface area contributed by atoms with Crippen LogP contribution in [0.5, 0.6) is 0 Å². The second kappa shape index (κ2) is 6.75. The summed E-state index contributed by atoms with van der Waals surface area (Å²) in [7, 11) is 1.80. The zero-order valence-corrected chi connectivity index (χ0v) is 13.9. The Bertz CT molecular complexity index is 807. The number of nitrogens with one attached hydrogen (secondary N) is 1. The van der Waals surface area contributed by atoms with E-state index in [1.54, 1.807) is 35.3 Å². The lowest BCUT2D eigenvalue weighted by Crippen LogP contribution is -2.28. The van der Waals surface area contributed by atoms with Gasteiger partial charge in [0.15, 0.2) is 5.82 Å². The van der Waals surface area contributed by atoms with Crippen molar-refractivity contribution in [1.29, 1.82) is 0 Å². The number of nitrogens with zero attached hydrogens (tertiary/aromatic N) is 3. The third kappa shape index (κ3) is 3.48. The minimum absolute atomic E-state index is 0.158. The second-order valence-corrected chi connectivity index (χ2v) is 6.53. The van der Waals surface area contributed by atoms with Gasteiger partial charge in [-0.15, -0.1) is 11.3 Å². The van der Waals surface area contributed by atoms with Gasteiger partial charge in [-0.2, -0.15) is 0 Å². The zero-order chi connectivity index (χ0) is 16.2. The number of rotatable bonds is 5. The van der Waals surface area contributed by atoms with E-state index in [-0.39, 0.29) is 5.91 Å². The number of thiazole rings is 1. The van der Waals surface area contributed by atoms with Crippen LogP contribution in [0.25, 0.3) is 11.3 Å². The smallest absolute Gasteiger partial charge is 0.287 e. The molecule has 0 atom stereocenters. The van der Waals surface area contributed by atoms with Crippen molar-refractivity contribution < 1.29 is 4.79 Å². The Kier molecular flexibility index (Phi) is 4.52. The van der Waals surface area contributed by atoms with Crippen molar-refractivity contribution >= 4 is 17.2 Å². The summed E-state index contributed by atoms with van der Waals surface area (Å²) in [4.78, 5) is 21.9. The minimum atomic E-state index is -0.158. The molecule has 5 nitrogen and oxygen atoms in total. The number of amides is 1. The predicted octanol–water partition coefficient (Wildman–Crippen LogP) is 2.82. The van der Waals surface area contributed by atoms with Crippen molar-refractivity contribution in [3.05, 3.63) is 58.4 Å². The fourth-order valence-electron chi connectivity index (χ4n) is 2.37. The first-order valence-electron chi connectivity index (χ1n) is 7.42. The van der Waals surface area contributed by atoms with Gasteiger partial charge < -0.3 is 9.88 Å². The summed E-state index contributed by atoms with van der Waals surface area (Å²) >= 11 is 1.68. The van der Waals surface area contributed by atoms with Crippen LogP contribution in [0.4, 0.5) is 0 Å². The summed E-state index contributed by atoms with van der Waals surface area (Å²) in [5.41, 5.74) is 2.16. The average Bonchev–Trinajstić information content (AvgIpc) is 3.14. The fraction of sp³-hybridized carbons (Fsp3) is 0.235. The molecule has 0 saturated heterocycles. The van der Waals surface area contributed by atoms with Crippen molar-refractivity contribution in [3.63, 3.8) is 0 Å². The molecule has 2 aromatic heterocycles. The summed E-state index contributed by atoms with van der Waals surface area (Å²) in [6.45, 7) is 2.63. The number of benzene rings is 1. The van der Waals surface area contributed by atoms with Crippen LogP contribution in [0.1, 0.15) is 20.5 Å². The second-order valence-electron chi connectivity index (χ2n) is 5.25. The van der Waals surface area contributed by atoms with Crippen molar-refractivity contribution in [3.8, 4) is 11.3 Å². The number of carbonyl (C=O) groups is 1. The summed E-state index contributed by atoms with van der Waals surface area (Å²) in [5.74, 6) is 0.263. The van der Waals surface area contributed by atoms with Gasteiger partial charge in [-0.05, 0) is 6.92 Å². The number of hydrogen-bond donors (Lipinski definition) is 1. The first kappa shape index (κ1) is 15.4. The highest BCUT2D eigenvalue weighted by Gasteiger charge is 2.12. The molecule has 1 amide bonds. The molecular weight excluding hydrogens is 308 g/mol. The van der Waals surface area contributed by atoms with Crippen molar-refractivity contribution in [2.45, 2.75) is 13.3 Å². The van der Waals surface area contributed by atoms with Crippen molar-refractivity contribution in [2.24, 2.45) is 7.05 Å². The van der Waals surface area contributed by atoms with E-state index in [4.69, 9.17) is 4.98 Å². The molecule has 2 heterocycles. The number of carbonyl (C=O) groups excluding carboxylic acids is 1. The van der Waals surface area contributed by atoms with Gasteiger partial charge in [0, 0.05) is 42.8 Å². The van der Waals surface area contributed by atoms with Gasteiger partial charge in [-0.25, -0.2) is 9.97 Å². The summed E-state index contributed by atoms with van der Waals surface area (Å²) in [5, 5.41) is 3.92. The molecule has 0 spiro atoms. The SMILES string of the molecule is Cc1sc(CCNC(=O)c2nccn2C)nc1-c1ccccc1. The molecule has 118 valence electrons. The van der Waals surface area contributed by atoms with Crippen LogP contribution in [0.3, 0.4) is 0 Å². The topological polar surface area (TPSA) is 59.8 Å². The summed E-state index contributed by atoms with van der Waals surface area (Å²) in [6, 6.07) is 10.2. The van der Waals surface area contributed by atoms with E-state index in [0.717, 1.165) is 16.3 Å².